The number of amides is 1. The molecule has 6 nitrogen and oxygen atoms in total. The summed E-state index contributed by atoms with van der Waals surface area (Å²) in [6.07, 6.45) is 0.908. The molecule has 0 spiro atoms. The normalized spacial score (nSPS) is 17.8. The Morgan fingerprint density at radius 2 is 2.17 bits per heavy atom. The fourth-order valence-electron chi connectivity index (χ4n) is 2.65. The average molecular weight is 321 g/mol. The van der Waals surface area contributed by atoms with Gasteiger partial charge in [0.1, 0.15) is 24.1 Å². The number of ether oxygens (including phenoxy) is 2. The number of carboxylic acids is 1. The van der Waals surface area contributed by atoms with Gasteiger partial charge in [-0.1, -0.05) is 13.8 Å². The highest BCUT2D eigenvalue weighted by Crippen LogP contribution is 2.30. The minimum Gasteiger partial charge on any atom is -0.497 e. The molecule has 1 aliphatic rings. The van der Waals surface area contributed by atoms with Gasteiger partial charge in [0.2, 0.25) is 5.91 Å². The first-order valence-electron chi connectivity index (χ1n) is 7.73. The lowest BCUT2D eigenvalue weighted by molar-refractivity contribution is -0.143. The lowest BCUT2D eigenvalue weighted by Gasteiger charge is -2.26. The first-order valence-corrected chi connectivity index (χ1v) is 7.73. The number of nitrogens with one attached hydrogen (secondary N) is 1. The second-order valence-corrected chi connectivity index (χ2v) is 6.21. The van der Waals surface area contributed by atoms with Crippen molar-refractivity contribution in [2.24, 2.45) is 11.8 Å². The van der Waals surface area contributed by atoms with E-state index in [1.54, 1.807) is 7.11 Å². The maximum absolute atomic E-state index is 12.4. The van der Waals surface area contributed by atoms with Crippen LogP contribution in [0.15, 0.2) is 18.2 Å². The molecule has 2 unspecified atom stereocenters. The first kappa shape index (κ1) is 17.1. The third-order valence-electron chi connectivity index (χ3n) is 3.87. The molecule has 0 radical (unpaired) electrons. The number of methoxy groups -OCH3 is 1. The fourth-order valence-corrected chi connectivity index (χ4v) is 2.65. The molecule has 2 N–H and O–H groups in total. The van der Waals surface area contributed by atoms with E-state index in [0.29, 0.717) is 18.6 Å². The molecule has 1 aromatic carbocycles. The molecule has 0 aromatic heterocycles. The number of carbonyl (C=O) groups is 2. The van der Waals surface area contributed by atoms with E-state index in [9.17, 15) is 14.7 Å². The predicted molar refractivity (Wildman–Crippen MR) is 84.7 cm³/mol. The summed E-state index contributed by atoms with van der Waals surface area (Å²) in [5.41, 5.74) is 0.895. The van der Waals surface area contributed by atoms with Crippen LogP contribution in [0.5, 0.6) is 11.5 Å². The number of hydrogen-bond donors (Lipinski definition) is 2. The van der Waals surface area contributed by atoms with E-state index in [4.69, 9.17) is 9.47 Å². The Hall–Kier alpha value is -2.24. The maximum atomic E-state index is 12.4. The van der Waals surface area contributed by atoms with Gasteiger partial charge in [-0.05, 0) is 42.5 Å². The third kappa shape index (κ3) is 4.37. The minimum absolute atomic E-state index is 0.184. The Balaban J connectivity index is 2.04. The van der Waals surface area contributed by atoms with Gasteiger partial charge in [0.05, 0.1) is 13.0 Å². The van der Waals surface area contributed by atoms with Crippen LogP contribution in [0.2, 0.25) is 0 Å². The maximum Gasteiger partial charge on any atom is 0.326 e. The van der Waals surface area contributed by atoms with Crippen LogP contribution in [0.4, 0.5) is 0 Å². The van der Waals surface area contributed by atoms with Crippen molar-refractivity contribution >= 4 is 11.9 Å². The Morgan fingerprint density at radius 3 is 2.78 bits per heavy atom. The summed E-state index contributed by atoms with van der Waals surface area (Å²) in [4.78, 5) is 23.6. The molecule has 0 fully saturated rings. The summed E-state index contributed by atoms with van der Waals surface area (Å²) >= 11 is 0. The van der Waals surface area contributed by atoms with Gasteiger partial charge in [-0.15, -0.1) is 0 Å². The van der Waals surface area contributed by atoms with E-state index in [0.717, 1.165) is 11.3 Å². The molecule has 1 heterocycles. The smallest absolute Gasteiger partial charge is 0.326 e. The van der Waals surface area contributed by atoms with Crippen molar-refractivity contribution in [1.29, 1.82) is 0 Å². The van der Waals surface area contributed by atoms with Crippen molar-refractivity contribution in [3.05, 3.63) is 23.8 Å². The standard InChI is InChI=1S/C17H23NO5/c1-10(2)6-14(17(20)21)18-16(19)12-7-11-8-13(22-3)4-5-15(11)23-9-12/h4-5,8,10,12,14H,6-7,9H2,1-3H3,(H,18,19)(H,20,21). The summed E-state index contributed by atoms with van der Waals surface area (Å²) in [5, 5.41) is 11.9. The van der Waals surface area contributed by atoms with Gasteiger partial charge in [0.25, 0.3) is 0 Å². The summed E-state index contributed by atoms with van der Waals surface area (Å²) in [7, 11) is 1.58. The number of carboxylic acid groups (broad SMARTS) is 1. The third-order valence-corrected chi connectivity index (χ3v) is 3.87. The summed E-state index contributed by atoms with van der Waals surface area (Å²) in [5.74, 6) is -0.0616. The molecule has 0 saturated heterocycles. The molecular formula is C17H23NO5. The largest absolute Gasteiger partial charge is 0.497 e. The SMILES string of the molecule is COc1ccc2c(c1)CC(C(=O)NC(CC(C)C)C(=O)O)CO2. The molecule has 2 rings (SSSR count). The fraction of sp³-hybridized carbons (Fsp3) is 0.529. The average Bonchev–Trinajstić information content (AvgIpc) is 2.52. The molecule has 1 aliphatic heterocycles. The Bertz CT molecular complexity index is 584. The quantitative estimate of drug-likeness (QED) is 0.835. The van der Waals surface area contributed by atoms with Gasteiger partial charge in [-0.3, -0.25) is 4.79 Å². The van der Waals surface area contributed by atoms with Crippen molar-refractivity contribution in [2.45, 2.75) is 32.7 Å². The summed E-state index contributed by atoms with van der Waals surface area (Å²) < 4.78 is 10.8. The Morgan fingerprint density at radius 1 is 1.43 bits per heavy atom. The molecule has 23 heavy (non-hydrogen) atoms. The second-order valence-electron chi connectivity index (χ2n) is 6.21. The van der Waals surface area contributed by atoms with Crippen LogP contribution in [0, 0.1) is 11.8 Å². The molecule has 1 amide bonds. The van der Waals surface area contributed by atoms with Gasteiger partial charge in [-0.2, -0.15) is 0 Å². The van der Waals surface area contributed by atoms with Crippen LogP contribution in [-0.4, -0.2) is 36.7 Å². The van der Waals surface area contributed by atoms with E-state index in [1.807, 2.05) is 32.0 Å². The lowest BCUT2D eigenvalue weighted by atomic mass is 9.95. The zero-order valence-corrected chi connectivity index (χ0v) is 13.7. The van der Waals surface area contributed by atoms with Crippen molar-refractivity contribution in [3.8, 4) is 11.5 Å². The van der Waals surface area contributed by atoms with E-state index in [1.165, 1.54) is 0 Å². The summed E-state index contributed by atoms with van der Waals surface area (Å²) in [6.45, 7) is 4.10. The van der Waals surface area contributed by atoms with Crippen LogP contribution in [0.3, 0.4) is 0 Å². The van der Waals surface area contributed by atoms with E-state index >= 15 is 0 Å². The van der Waals surface area contributed by atoms with Crippen molar-refractivity contribution in [2.75, 3.05) is 13.7 Å². The van der Waals surface area contributed by atoms with Crippen molar-refractivity contribution < 1.29 is 24.2 Å². The first-order chi connectivity index (χ1) is 10.9. The van der Waals surface area contributed by atoms with Crippen LogP contribution in [0.1, 0.15) is 25.8 Å². The number of carbonyl (C=O) groups excluding carboxylic acids is 1. The van der Waals surface area contributed by atoms with Crippen molar-refractivity contribution in [3.63, 3.8) is 0 Å². The van der Waals surface area contributed by atoms with E-state index in [2.05, 4.69) is 5.32 Å². The molecule has 2 atom stereocenters. The zero-order chi connectivity index (χ0) is 17.0. The van der Waals surface area contributed by atoms with Crippen LogP contribution in [-0.2, 0) is 16.0 Å². The monoisotopic (exact) mass is 321 g/mol. The summed E-state index contributed by atoms with van der Waals surface area (Å²) in [6, 6.07) is 4.61. The highest BCUT2D eigenvalue weighted by atomic mass is 16.5. The molecule has 0 saturated carbocycles. The molecule has 126 valence electrons. The second kappa shape index (κ2) is 7.35. The molecule has 0 aliphatic carbocycles. The van der Waals surface area contributed by atoms with Crippen molar-refractivity contribution in [1.82, 2.24) is 5.32 Å². The van der Waals surface area contributed by atoms with Crippen LogP contribution < -0.4 is 14.8 Å². The van der Waals surface area contributed by atoms with Gasteiger partial charge in [0, 0.05) is 0 Å². The molecular weight excluding hydrogens is 298 g/mol. The van der Waals surface area contributed by atoms with E-state index < -0.39 is 17.9 Å². The lowest BCUT2D eigenvalue weighted by Crippen LogP contribution is -2.46. The highest BCUT2D eigenvalue weighted by Gasteiger charge is 2.30. The Kier molecular flexibility index (Phi) is 5.47. The van der Waals surface area contributed by atoms with Gasteiger partial charge >= 0.3 is 5.97 Å². The van der Waals surface area contributed by atoms with Gasteiger partial charge in [-0.25, -0.2) is 4.79 Å². The number of rotatable bonds is 6. The van der Waals surface area contributed by atoms with Crippen LogP contribution in [0.25, 0.3) is 0 Å². The Labute approximate surface area is 135 Å². The zero-order valence-electron chi connectivity index (χ0n) is 13.7. The topological polar surface area (TPSA) is 84.9 Å². The minimum atomic E-state index is -1.01. The molecule has 6 heteroatoms. The van der Waals surface area contributed by atoms with Gasteiger partial charge < -0.3 is 19.9 Å². The predicted octanol–water partition coefficient (Wildman–Crippen LogP) is 1.86. The number of benzene rings is 1. The van der Waals surface area contributed by atoms with E-state index in [-0.39, 0.29) is 18.4 Å². The van der Waals surface area contributed by atoms with Crippen LogP contribution >= 0.6 is 0 Å². The number of hydrogen-bond acceptors (Lipinski definition) is 4. The molecule has 1 aromatic rings. The highest BCUT2D eigenvalue weighted by molar-refractivity contribution is 5.85. The number of aliphatic carboxylic acids is 1. The van der Waals surface area contributed by atoms with Gasteiger partial charge in [0.15, 0.2) is 0 Å². The molecule has 0 bridgehead atoms. The number of fused-ring (bicyclic) bond motifs is 1.